The first-order valence-corrected chi connectivity index (χ1v) is 3.32. The van der Waals surface area contributed by atoms with Crippen molar-refractivity contribution in [3.63, 3.8) is 0 Å². The topological polar surface area (TPSA) is 38.3 Å². The van der Waals surface area contributed by atoms with Gasteiger partial charge in [-0.25, -0.2) is 4.79 Å². The molecule has 70 valence electrons. The zero-order valence-electron chi connectivity index (χ0n) is 6.36. The summed E-state index contributed by atoms with van der Waals surface area (Å²) in [7, 11) is 0. The van der Waals surface area contributed by atoms with Crippen LogP contribution in [0.15, 0.2) is 0 Å². The highest BCUT2D eigenvalue weighted by atomic mass is 19.4. The van der Waals surface area contributed by atoms with E-state index < -0.39 is 24.2 Å². The second-order valence-electron chi connectivity index (χ2n) is 3.05. The van der Waals surface area contributed by atoms with Gasteiger partial charge < -0.3 is 10.1 Å². The smallest absolute Gasteiger partial charge is 0.407 e. The van der Waals surface area contributed by atoms with E-state index in [1.807, 2.05) is 0 Å². The van der Waals surface area contributed by atoms with Gasteiger partial charge in [0.2, 0.25) is 0 Å². The Morgan fingerprint density at radius 3 is 2.58 bits per heavy atom. The van der Waals surface area contributed by atoms with Gasteiger partial charge in [0.25, 0.3) is 0 Å². The molecule has 0 saturated carbocycles. The molecule has 1 amide bonds. The molecule has 0 radical (unpaired) electrons. The second-order valence-corrected chi connectivity index (χ2v) is 3.05. The monoisotopic (exact) mass is 183 g/mol. The van der Waals surface area contributed by atoms with Crippen molar-refractivity contribution in [2.75, 3.05) is 6.61 Å². The van der Waals surface area contributed by atoms with Crippen molar-refractivity contribution in [2.45, 2.75) is 25.1 Å². The molecule has 6 heteroatoms. The maximum absolute atomic E-state index is 11.9. The Balaban J connectivity index is 2.56. The van der Waals surface area contributed by atoms with E-state index in [9.17, 15) is 18.0 Å². The number of ether oxygens (including phenoxy) is 1. The highest BCUT2D eigenvalue weighted by molar-refractivity contribution is 5.70. The third-order valence-electron chi connectivity index (χ3n) is 1.52. The molecule has 0 aliphatic carbocycles. The number of carbonyl (C=O) groups is 1. The summed E-state index contributed by atoms with van der Waals surface area (Å²) in [6, 6.07) is 0. The van der Waals surface area contributed by atoms with Gasteiger partial charge in [-0.2, -0.15) is 13.2 Å². The average Bonchev–Trinajstić information content (AvgIpc) is 2.05. The molecule has 1 saturated heterocycles. The summed E-state index contributed by atoms with van der Waals surface area (Å²) in [6.45, 7) is 1.07. The first-order valence-electron chi connectivity index (χ1n) is 3.32. The fourth-order valence-corrected chi connectivity index (χ4v) is 1.08. The number of hydrogen-bond donors (Lipinski definition) is 1. The Bertz CT molecular complexity index is 203. The fourth-order valence-electron chi connectivity index (χ4n) is 1.08. The van der Waals surface area contributed by atoms with Gasteiger partial charge in [0.05, 0.1) is 12.0 Å². The summed E-state index contributed by atoms with van der Waals surface area (Å²) in [5.41, 5.74) is -1.30. The van der Waals surface area contributed by atoms with Crippen LogP contribution in [-0.4, -0.2) is 24.4 Å². The first-order chi connectivity index (χ1) is 5.31. The van der Waals surface area contributed by atoms with Gasteiger partial charge in [-0.1, -0.05) is 0 Å². The van der Waals surface area contributed by atoms with Gasteiger partial charge in [-0.15, -0.1) is 0 Å². The normalized spacial score (nSPS) is 29.8. The SMILES string of the molecule is C[C@]1(CC(F)(F)F)COC(=O)N1. The quantitative estimate of drug-likeness (QED) is 0.667. The maximum atomic E-state index is 11.9. The van der Waals surface area contributed by atoms with Crippen LogP contribution in [0.25, 0.3) is 0 Å². The highest BCUT2D eigenvalue weighted by Gasteiger charge is 2.44. The molecule has 3 nitrogen and oxygen atoms in total. The van der Waals surface area contributed by atoms with Crippen LogP contribution in [0.4, 0.5) is 18.0 Å². The number of alkyl halides is 3. The van der Waals surface area contributed by atoms with Crippen molar-refractivity contribution in [2.24, 2.45) is 0 Å². The van der Waals surface area contributed by atoms with E-state index in [1.54, 1.807) is 0 Å². The highest BCUT2D eigenvalue weighted by Crippen LogP contribution is 2.29. The lowest BCUT2D eigenvalue weighted by molar-refractivity contribution is -0.147. The van der Waals surface area contributed by atoms with Crippen molar-refractivity contribution in [1.82, 2.24) is 5.32 Å². The standard InChI is InChI=1S/C6H8F3NO2/c1-5(2-6(7,8)9)3-12-4(11)10-5/h2-3H2,1H3,(H,10,11)/t5-/m0/s1. The summed E-state index contributed by atoms with van der Waals surface area (Å²) in [5, 5.41) is 2.11. The Hall–Kier alpha value is -0.940. The molecule has 0 aromatic carbocycles. The number of amides is 1. The maximum Gasteiger partial charge on any atom is 0.407 e. The van der Waals surface area contributed by atoms with Gasteiger partial charge in [0.1, 0.15) is 6.61 Å². The van der Waals surface area contributed by atoms with Crippen LogP contribution in [-0.2, 0) is 4.74 Å². The third kappa shape index (κ3) is 2.28. The molecule has 0 aromatic heterocycles. The lowest BCUT2D eigenvalue weighted by Crippen LogP contribution is -2.43. The van der Waals surface area contributed by atoms with Crippen LogP contribution >= 0.6 is 0 Å². The minimum Gasteiger partial charge on any atom is -0.447 e. The predicted octanol–water partition coefficient (Wildman–Crippen LogP) is 1.44. The van der Waals surface area contributed by atoms with E-state index in [0.29, 0.717) is 0 Å². The fraction of sp³-hybridized carbons (Fsp3) is 0.833. The zero-order chi connectivity index (χ0) is 9.41. The number of carbonyl (C=O) groups excluding carboxylic acids is 1. The van der Waals surface area contributed by atoms with Gasteiger partial charge in [0.15, 0.2) is 0 Å². The van der Waals surface area contributed by atoms with Crippen molar-refractivity contribution in [3.8, 4) is 0 Å². The number of nitrogens with one attached hydrogen (secondary N) is 1. The molecule has 1 N–H and O–H groups in total. The van der Waals surface area contributed by atoms with Gasteiger partial charge in [-0.3, -0.25) is 0 Å². The first kappa shape index (κ1) is 9.15. The van der Waals surface area contributed by atoms with E-state index >= 15 is 0 Å². The molecule has 0 bridgehead atoms. The van der Waals surface area contributed by atoms with E-state index in [2.05, 4.69) is 10.1 Å². The summed E-state index contributed by atoms with van der Waals surface area (Å²) < 4.78 is 40.0. The Morgan fingerprint density at radius 1 is 1.67 bits per heavy atom. The van der Waals surface area contributed by atoms with Crippen molar-refractivity contribution in [1.29, 1.82) is 0 Å². The van der Waals surface area contributed by atoms with Crippen molar-refractivity contribution >= 4 is 6.09 Å². The summed E-state index contributed by atoms with van der Waals surface area (Å²) in [6.07, 6.45) is -6.14. The third-order valence-corrected chi connectivity index (χ3v) is 1.52. The molecular formula is C6H8F3NO2. The number of hydrogen-bond acceptors (Lipinski definition) is 2. The van der Waals surface area contributed by atoms with Crippen LogP contribution in [0.1, 0.15) is 13.3 Å². The number of halogens is 3. The average molecular weight is 183 g/mol. The lowest BCUT2D eigenvalue weighted by atomic mass is 10.0. The van der Waals surface area contributed by atoms with Gasteiger partial charge >= 0.3 is 12.3 Å². The van der Waals surface area contributed by atoms with Crippen LogP contribution in [0, 0.1) is 0 Å². The van der Waals surface area contributed by atoms with E-state index in [4.69, 9.17) is 0 Å². The summed E-state index contributed by atoms with van der Waals surface area (Å²) in [5.74, 6) is 0. The van der Waals surface area contributed by atoms with E-state index in [0.717, 1.165) is 0 Å². The van der Waals surface area contributed by atoms with Crippen molar-refractivity contribution in [3.05, 3.63) is 0 Å². The predicted molar refractivity (Wildman–Crippen MR) is 33.6 cm³/mol. The van der Waals surface area contributed by atoms with Crippen LogP contribution in [0.5, 0.6) is 0 Å². The van der Waals surface area contributed by atoms with E-state index in [-0.39, 0.29) is 6.61 Å². The summed E-state index contributed by atoms with van der Waals surface area (Å²) in [4.78, 5) is 10.4. The molecule has 0 aromatic rings. The van der Waals surface area contributed by atoms with Crippen molar-refractivity contribution < 1.29 is 22.7 Å². The molecule has 1 heterocycles. The molecule has 0 unspecified atom stereocenters. The minimum atomic E-state index is -4.28. The Labute approximate surface area is 66.9 Å². The number of cyclic esters (lactones) is 1. The molecule has 1 fully saturated rings. The zero-order valence-corrected chi connectivity index (χ0v) is 6.36. The molecule has 1 aliphatic heterocycles. The molecule has 12 heavy (non-hydrogen) atoms. The van der Waals surface area contributed by atoms with Crippen LogP contribution in [0.2, 0.25) is 0 Å². The van der Waals surface area contributed by atoms with Gasteiger partial charge in [0, 0.05) is 0 Å². The Morgan fingerprint density at radius 2 is 2.25 bits per heavy atom. The Kier molecular flexibility index (Phi) is 1.93. The molecule has 1 atom stereocenters. The second kappa shape index (κ2) is 2.53. The molecule has 0 spiro atoms. The van der Waals surface area contributed by atoms with Crippen LogP contribution < -0.4 is 5.32 Å². The lowest BCUT2D eigenvalue weighted by Gasteiger charge is -2.21. The minimum absolute atomic E-state index is 0.231. The number of rotatable bonds is 1. The molecular weight excluding hydrogens is 175 g/mol. The largest absolute Gasteiger partial charge is 0.447 e. The van der Waals surface area contributed by atoms with Crippen LogP contribution in [0.3, 0.4) is 0 Å². The molecule has 1 rings (SSSR count). The van der Waals surface area contributed by atoms with Gasteiger partial charge in [-0.05, 0) is 6.92 Å². The molecule has 1 aliphatic rings. The number of alkyl carbamates (subject to hydrolysis) is 1. The summed E-state index contributed by atoms with van der Waals surface area (Å²) >= 11 is 0. The van der Waals surface area contributed by atoms with E-state index in [1.165, 1.54) is 6.92 Å².